The number of hydrogen-bond donors (Lipinski definition) is 0. The van der Waals surface area contributed by atoms with E-state index in [0.29, 0.717) is 0 Å². The molecule has 3 aromatic carbocycles. The van der Waals surface area contributed by atoms with E-state index < -0.39 is 0 Å². The predicted molar refractivity (Wildman–Crippen MR) is 150 cm³/mol. The minimum atomic E-state index is 0.182. The lowest BCUT2D eigenvalue weighted by Crippen LogP contribution is -2.25. The smallest absolute Gasteiger partial charge is 0.0215 e. The van der Waals surface area contributed by atoms with E-state index in [4.69, 9.17) is 0 Å². The second-order valence-corrected chi connectivity index (χ2v) is 10.5. The molecule has 0 heterocycles. The number of hydrogen-bond acceptors (Lipinski definition) is 0. The molecule has 0 heteroatoms. The molecule has 0 nitrogen and oxygen atoms in total. The summed E-state index contributed by atoms with van der Waals surface area (Å²) in [5.74, 6) is 0. The van der Waals surface area contributed by atoms with Gasteiger partial charge in [0, 0.05) is 5.41 Å². The lowest BCUT2D eigenvalue weighted by molar-refractivity contribution is 0.401. The van der Waals surface area contributed by atoms with E-state index in [1.54, 1.807) is 11.1 Å². The molecule has 0 aromatic heterocycles. The van der Waals surface area contributed by atoms with Crippen molar-refractivity contribution in [3.05, 3.63) is 82.9 Å². The Bertz CT molecular complexity index is 1070. The van der Waals surface area contributed by atoms with Crippen molar-refractivity contribution in [2.45, 2.75) is 104 Å². The van der Waals surface area contributed by atoms with Gasteiger partial charge in [0.1, 0.15) is 0 Å². The van der Waals surface area contributed by atoms with E-state index in [0.717, 1.165) is 6.42 Å². The maximum atomic E-state index is 2.58. The molecule has 1 aliphatic carbocycles. The molecule has 0 unspecified atom stereocenters. The average molecular weight is 453 g/mol. The van der Waals surface area contributed by atoms with Crippen LogP contribution in [0, 0.1) is 6.92 Å². The Kier molecular flexibility index (Phi) is 8.30. The third kappa shape index (κ3) is 4.74. The largest absolute Gasteiger partial charge is 0.0654 e. The molecule has 0 amide bonds. The molecule has 180 valence electrons. The van der Waals surface area contributed by atoms with Crippen LogP contribution in [0.4, 0.5) is 0 Å². The Morgan fingerprint density at radius 3 is 1.82 bits per heavy atom. The van der Waals surface area contributed by atoms with Crippen molar-refractivity contribution in [1.82, 2.24) is 0 Å². The summed E-state index contributed by atoms with van der Waals surface area (Å²) in [4.78, 5) is 0. The van der Waals surface area contributed by atoms with Gasteiger partial charge in [-0.3, -0.25) is 0 Å². The summed E-state index contributed by atoms with van der Waals surface area (Å²) in [7, 11) is 0. The maximum Gasteiger partial charge on any atom is 0.0215 e. The van der Waals surface area contributed by atoms with E-state index in [1.807, 2.05) is 0 Å². The van der Waals surface area contributed by atoms with Gasteiger partial charge in [0.2, 0.25) is 0 Å². The maximum absolute atomic E-state index is 2.58. The van der Waals surface area contributed by atoms with Gasteiger partial charge in [-0.05, 0) is 76.8 Å². The summed E-state index contributed by atoms with van der Waals surface area (Å²) in [5, 5.41) is 0. The van der Waals surface area contributed by atoms with Crippen molar-refractivity contribution < 1.29 is 0 Å². The van der Waals surface area contributed by atoms with Crippen LogP contribution in [0.15, 0.2) is 60.7 Å². The summed E-state index contributed by atoms with van der Waals surface area (Å²) in [6, 6.07) is 23.5. The Morgan fingerprint density at radius 1 is 0.559 bits per heavy atom. The summed E-state index contributed by atoms with van der Waals surface area (Å²) >= 11 is 0. The standard InChI is InChI=1S/C34H44/c1-5-8-10-16-22-34(23-17-11-9-6-2)32-21-15-14-20-29(32)31-25-30(26(4)24-33(31)34)28-19-13-12-18-27(28)7-3/h12-15,18-21,24-25H,5-11,16-17,22-23H2,1-4H3. The van der Waals surface area contributed by atoms with Gasteiger partial charge in [-0.15, -0.1) is 0 Å². The Balaban J connectivity index is 1.83. The summed E-state index contributed by atoms with van der Waals surface area (Å²) < 4.78 is 0. The molecule has 0 bridgehead atoms. The molecule has 4 rings (SSSR count). The monoisotopic (exact) mass is 452 g/mol. The highest BCUT2D eigenvalue weighted by Crippen LogP contribution is 2.55. The van der Waals surface area contributed by atoms with Crippen LogP contribution in [-0.4, -0.2) is 0 Å². The quantitative estimate of drug-likeness (QED) is 0.240. The van der Waals surface area contributed by atoms with Crippen molar-refractivity contribution in [1.29, 1.82) is 0 Å². The zero-order valence-corrected chi connectivity index (χ0v) is 22.1. The number of aryl methyl sites for hydroxylation is 2. The second kappa shape index (κ2) is 11.4. The Morgan fingerprint density at radius 2 is 1.18 bits per heavy atom. The van der Waals surface area contributed by atoms with Crippen LogP contribution in [-0.2, 0) is 11.8 Å². The Labute approximate surface area is 208 Å². The molecule has 0 saturated carbocycles. The number of fused-ring (bicyclic) bond motifs is 3. The van der Waals surface area contributed by atoms with Crippen molar-refractivity contribution >= 4 is 0 Å². The van der Waals surface area contributed by atoms with Crippen LogP contribution in [0.25, 0.3) is 22.3 Å². The highest BCUT2D eigenvalue weighted by molar-refractivity contribution is 5.86. The first kappa shape index (κ1) is 24.8. The highest BCUT2D eigenvalue weighted by atomic mass is 14.4. The van der Waals surface area contributed by atoms with Gasteiger partial charge < -0.3 is 0 Å². The molecular weight excluding hydrogens is 408 g/mol. The van der Waals surface area contributed by atoms with Crippen molar-refractivity contribution in [2.75, 3.05) is 0 Å². The van der Waals surface area contributed by atoms with E-state index in [2.05, 4.69) is 88.4 Å². The topological polar surface area (TPSA) is 0 Å². The number of unbranched alkanes of at least 4 members (excludes halogenated alkanes) is 6. The average Bonchev–Trinajstić information content (AvgIpc) is 3.13. The molecule has 0 fully saturated rings. The van der Waals surface area contributed by atoms with E-state index in [-0.39, 0.29) is 5.41 Å². The summed E-state index contributed by atoms with van der Waals surface area (Å²) in [5.41, 5.74) is 12.1. The van der Waals surface area contributed by atoms with Gasteiger partial charge in [0.15, 0.2) is 0 Å². The van der Waals surface area contributed by atoms with Gasteiger partial charge in [-0.1, -0.05) is 127 Å². The lowest BCUT2D eigenvalue weighted by atomic mass is 9.70. The molecule has 0 N–H and O–H groups in total. The molecule has 0 atom stereocenters. The highest BCUT2D eigenvalue weighted by Gasteiger charge is 2.42. The van der Waals surface area contributed by atoms with Crippen molar-refractivity contribution in [2.24, 2.45) is 0 Å². The van der Waals surface area contributed by atoms with Crippen molar-refractivity contribution in [3.8, 4) is 22.3 Å². The molecule has 1 aliphatic rings. The van der Waals surface area contributed by atoms with Gasteiger partial charge >= 0.3 is 0 Å². The van der Waals surface area contributed by atoms with Crippen LogP contribution >= 0.6 is 0 Å². The number of rotatable bonds is 12. The van der Waals surface area contributed by atoms with Gasteiger partial charge in [0.05, 0.1) is 0 Å². The van der Waals surface area contributed by atoms with E-state index in [1.165, 1.54) is 97.6 Å². The van der Waals surface area contributed by atoms with Crippen LogP contribution in [0.1, 0.15) is 107 Å². The third-order valence-corrected chi connectivity index (χ3v) is 8.22. The fourth-order valence-electron chi connectivity index (χ4n) is 6.36. The summed E-state index contributed by atoms with van der Waals surface area (Å²) in [6.07, 6.45) is 14.3. The minimum absolute atomic E-state index is 0.182. The van der Waals surface area contributed by atoms with Crippen LogP contribution in [0.3, 0.4) is 0 Å². The van der Waals surface area contributed by atoms with Crippen LogP contribution < -0.4 is 0 Å². The van der Waals surface area contributed by atoms with Crippen LogP contribution in [0.2, 0.25) is 0 Å². The first-order valence-corrected chi connectivity index (χ1v) is 14.0. The molecule has 0 spiro atoms. The molecule has 3 aromatic rings. The van der Waals surface area contributed by atoms with E-state index >= 15 is 0 Å². The SMILES string of the molecule is CCCCCCC1(CCCCCC)c2ccccc2-c2cc(-c3ccccc3CC)c(C)cc21. The van der Waals surface area contributed by atoms with Gasteiger partial charge in [0.25, 0.3) is 0 Å². The first-order chi connectivity index (χ1) is 16.7. The zero-order valence-electron chi connectivity index (χ0n) is 22.1. The predicted octanol–water partition coefficient (Wildman–Crippen LogP) is 10.4. The first-order valence-electron chi connectivity index (χ1n) is 14.0. The minimum Gasteiger partial charge on any atom is -0.0654 e. The molecule has 34 heavy (non-hydrogen) atoms. The van der Waals surface area contributed by atoms with Crippen LogP contribution in [0.5, 0.6) is 0 Å². The lowest BCUT2D eigenvalue weighted by Gasteiger charge is -2.33. The molecule has 0 saturated heterocycles. The summed E-state index contributed by atoms with van der Waals surface area (Å²) in [6.45, 7) is 9.25. The third-order valence-electron chi connectivity index (χ3n) is 8.22. The fourth-order valence-corrected chi connectivity index (χ4v) is 6.36. The Hall–Kier alpha value is -2.34. The van der Waals surface area contributed by atoms with Crippen molar-refractivity contribution in [3.63, 3.8) is 0 Å². The molecule has 0 radical (unpaired) electrons. The number of benzene rings is 3. The normalized spacial score (nSPS) is 13.6. The molecular formula is C34H44. The fraction of sp³-hybridized carbons (Fsp3) is 0.471. The van der Waals surface area contributed by atoms with Gasteiger partial charge in [-0.2, -0.15) is 0 Å². The zero-order chi connectivity index (χ0) is 24.0. The van der Waals surface area contributed by atoms with E-state index in [9.17, 15) is 0 Å². The molecule has 0 aliphatic heterocycles. The second-order valence-electron chi connectivity index (χ2n) is 10.5. The van der Waals surface area contributed by atoms with Gasteiger partial charge in [-0.25, -0.2) is 0 Å².